The number of rotatable bonds is 17. The largest absolute Gasteiger partial charge is 0.344 e. The van der Waals surface area contributed by atoms with E-state index in [1.165, 1.54) is 109 Å². The van der Waals surface area contributed by atoms with Gasteiger partial charge in [-0.25, -0.2) is 0 Å². The van der Waals surface area contributed by atoms with Crippen molar-refractivity contribution in [2.24, 2.45) is 0 Å². The van der Waals surface area contributed by atoms with Crippen LogP contribution in [0, 0.1) is 0 Å². The van der Waals surface area contributed by atoms with Gasteiger partial charge in [-0.2, -0.15) is 0 Å². The van der Waals surface area contributed by atoms with Crippen molar-refractivity contribution < 1.29 is 0 Å². The first-order valence-corrected chi connectivity index (χ1v) is 9.92. The smallest absolute Gasteiger partial charge is 0.00248 e. The molecule has 0 rings (SSSR count). The van der Waals surface area contributed by atoms with Gasteiger partial charge in [0.15, 0.2) is 0 Å². The maximum atomic E-state index is 2.30. The number of unbranched alkanes of at least 4 members (excludes halogenated alkanes) is 15. The van der Waals surface area contributed by atoms with Crippen LogP contribution in [0.3, 0.4) is 0 Å². The number of nitrogens with zero attached hydrogens (tertiary/aromatic N) is 1. The first kappa shape index (κ1) is 32.2. The molecule has 0 unspecified atom stereocenters. The van der Waals surface area contributed by atoms with Crippen molar-refractivity contribution in [3.63, 3.8) is 0 Å². The summed E-state index contributed by atoms with van der Waals surface area (Å²) in [5, 5.41) is 0. The molecule has 0 aromatic rings. The SMILES string of the molecule is CCCCCCCCCCCCCCCCCCN(C)C.Cl.Cl.N. The fourth-order valence-corrected chi connectivity index (χ4v) is 2.98. The highest BCUT2D eigenvalue weighted by Crippen LogP contribution is 2.13. The Bertz CT molecular complexity index is 190. The van der Waals surface area contributed by atoms with E-state index in [9.17, 15) is 0 Å². The number of hydrogen-bond donors (Lipinski definition) is 1. The number of halogens is 2. The second kappa shape index (κ2) is 28.3. The molecule has 24 heavy (non-hydrogen) atoms. The van der Waals surface area contributed by atoms with Crippen molar-refractivity contribution in [2.75, 3.05) is 20.6 Å². The minimum Gasteiger partial charge on any atom is -0.344 e. The summed E-state index contributed by atoms with van der Waals surface area (Å²) in [7, 11) is 4.34. The van der Waals surface area contributed by atoms with E-state index >= 15 is 0 Å². The first-order valence-electron chi connectivity index (χ1n) is 9.92. The summed E-state index contributed by atoms with van der Waals surface area (Å²) in [5.74, 6) is 0. The van der Waals surface area contributed by atoms with Crippen LogP contribution in [0.5, 0.6) is 0 Å². The second-order valence-corrected chi connectivity index (χ2v) is 7.11. The minimum atomic E-state index is 0. The summed E-state index contributed by atoms with van der Waals surface area (Å²) >= 11 is 0. The van der Waals surface area contributed by atoms with Gasteiger partial charge < -0.3 is 11.1 Å². The third-order valence-corrected chi connectivity index (χ3v) is 4.46. The molecule has 0 fully saturated rings. The van der Waals surface area contributed by atoms with E-state index < -0.39 is 0 Å². The van der Waals surface area contributed by atoms with E-state index in [1.807, 2.05) is 0 Å². The Morgan fingerprint density at radius 1 is 0.458 bits per heavy atom. The summed E-state index contributed by atoms with van der Waals surface area (Å²) in [5.41, 5.74) is 0. The van der Waals surface area contributed by atoms with E-state index in [-0.39, 0.29) is 31.0 Å². The lowest BCUT2D eigenvalue weighted by Crippen LogP contribution is -2.12. The van der Waals surface area contributed by atoms with Crippen LogP contribution in [0.1, 0.15) is 110 Å². The van der Waals surface area contributed by atoms with E-state index in [4.69, 9.17) is 0 Å². The van der Waals surface area contributed by atoms with Gasteiger partial charge in [-0.15, -0.1) is 24.8 Å². The molecule has 0 aromatic heterocycles. The number of hydrogen-bond acceptors (Lipinski definition) is 2. The Hall–Kier alpha value is 0.500. The Morgan fingerprint density at radius 3 is 0.958 bits per heavy atom. The molecule has 0 saturated heterocycles. The van der Waals surface area contributed by atoms with Crippen LogP contribution in [0.25, 0.3) is 0 Å². The lowest BCUT2D eigenvalue weighted by atomic mass is 10.0. The van der Waals surface area contributed by atoms with Gasteiger partial charge in [0.05, 0.1) is 0 Å². The average Bonchev–Trinajstić information content (AvgIpc) is 2.46. The fraction of sp³-hybridized carbons (Fsp3) is 1.00. The van der Waals surface area contributed by atoms with Gasteiger partial charge in [-0.05, 0) is 27.1 Å². The molecule has 0 aliphatic rings. The zero-order valence-corrected chi connectivity index (χ0v) is 18.6. The van der Waals surface area contributed by atoms with Gasteiger partial charge in [0.1, 0.15) is 0 Å². The normalized spacial score (nSPS) is 10.0. The van der Waals surface area contributed by atoms with Crippen molar-refractivity contribution in [3.05, 3.63) is 0 Å². The molecule has 2 nitrogen and oxygen atoms in total. The Morgan fingerprint density at radius 2 is 0.708 bits per heavy atom. The Labute approximate surface area is 166 Å². The summed E-state index contributed by atoms with van der Waals surface area (Å²) in [6.07, 6.45) is 23.3. The molecular weight excluding hydrogens is 339 g/mol. The average molecular weight is 388 g/mol. The lowest BCUT2D eigenvalue weighted by Gasteiger charge is -2.08. The third kappa shape index (κ3) is 30.4. The van der Waals surface area contributed by atoms with Gasteiger partial charge in [-0.3, -0.25) is 0 Å². The van der Waals surface area contributed by atoms with Crippen LogP contribution < -0.4 is 6.15 Å². The predicted molar refractivity (Wildman–Crippen MR) is 118 cm³/mol. The monoisotopic (exact) mass is 386 g/mol. The van der Waals surface area contributed by atoms with E-state index in [0.717, 1.165) is 0 Å². The zero-order chi connectivity index (χ0) is 15.6. The highest BCUT2D eigenvalue weighted by Gasteiger charge is 1.95. The molecule has 0 aromatic carbocycles. The van der Waals surface area contributed by atoms with E-state index in [2.05, 4.69) is 25.9 Å². The van der Waals surface area contributed by atoms with Crippen molar-refractivity contribution in [1.82, 2.24) is 11.1 Å². The molecule has 0 aliphatic heterocycles. The summed E-state index contributed by atoms with van der Waals surface area (Å²) in [6.45, 7) is 3.56. The summed E-state index contributed by atoms with van der Waals surface area (Å²) in [4.78, 5) is 2.30. The fourth-order valence-electron chi connectivity index (χ4n) is 2.98. The molecule has 0 heterocycles. The topological polar surface area (TPSA) is 38.2 Å². The van der Waals surface area contributed by atoms with Crippen LogP contribution >= 0.6 is 24.8 Å². The van der Waals surface area contributed by atoms with Crippen LogP contribution in [-0.2, 0) is 0 Å². The maximum absolute atomic E-state index is 2.30. The van der Waals surface area contributed by atoms with Crippen molar-refractivity contribution in [3.8, 4) is 0 Å². The molecule has 0 saturated carbocycles. The summed E-state index contributed by atoms with van der Waals surface area (Å²) < 4.78 is 0. The minimum absolute atomic E-state index is 0. The standard InChI is InChI=1S/C20H43N.2ClH.H3N/c1-4-5-6-7-8-9-10-11-12-13-14-15-16-17-18-19-20-21(2)3;;;/h4-20H2,1-3H3;2*1H;1H3. The molecule has 0 bridgehead atoms. The molecule has 0 radical (unpaired) electrons. The molecular formula is C20H48Cl2N2. The van der Waals surface area contributed by atoms with Crippen molar-refractivity contribution in [2.45, 2.75) is 110 Å². The quantitative estimate of drug-likeness (QED) is 0.258. The molecule has 0 aliphatic carbocycles. The summed E-state index contributed by atoms with van der Waals surface area (Å²) in [6, 6.07) is 0. The highest BCUT2D eigenvalue weighted by molar-refractivity contribution is 5.85. The molecule has 152 valence electrons. The lowest BCUT2D eigenvalue weighted by molar-refractivity contribution is 0.389. The highest BCUT2D eigenvalue weighted by atomic mass is 35.5. The maximum Gasteiger partial charge on any atom is -0.00248 e. The van der Waals surface area contributed by atoms with Crippen LogP contribution in [0.4, 0.5) is 0 Å². The zero-order valence-electron chi connectivity index (χ0n) is 17.0. The van der Waals surface area contributed by atoms with Crippen molar-refractivity contribution in [1.29, 1.82) is 0 Å². The van der Waals surface area contributed by atoms with Crippen LogP contribution in [0.15, 0.2) is 0 Å². The Balaban J connectivity index is -0.000000667. The van der Waals surface area contributed by atoms with Gasteiger partial charge in [-0.1, -0.05) is 103 Å². The van der Waals surface area contributed by atoms with Gasteiger partial charge in [0.2, 0.25) is 0 Å². The Kier molecular flexibility index (Phi) is 38.0. The van der Waals surface area contributed by atoms with E-state index in [1.54, 1.807) is 0 Å². The van der Waals surface area contributed by atoms with Gasteiger partial charge >= 0.3 is 0 Å². The molecule has 4 heteroatoms. The predicted octanol–water partition coefficient (Wildman–Crippen LogP) is 7.82. The molecule has 3 N–H and O–H groups in total. The van der Waals surface area contributed by atoms with Crippen LogP contribution in [-0.4, -0.2) is 25.5 Å². The molecule has 0 amide bonds. The second-order valence-electron chi connectivity index (χ2n) is 7.11. The van der Waals surface area contributed by atoms with Gasteiger partial charge in [0.25, 0.3) is 0 Å². The molecule has 0 atom stereocenters. The third-order valence-electron chi connectivity index (χ3n) is 4.46. The first-order chi connectivity index (χ1) is 10.3. The van der Waals surface area contributed by atoms with Crippen molar-refractivity contribution >= 4 is 24.8 Å². The van der Waals surface area contributed by atoms with E-state index in [0.29, 0.717) is 0 Å². The van der Waals surface area contributed by atoms with Crippen LogP contribution in [0.2, 0.25) is 0 Å². The molecule has 0 spiro atoms. The van der Waals surface area contributed by atoms with Gasteiger partial charge in [0, 0.05) is 0 Å².